The first-order valence-electron chi connectivity index (χ1n) is 9.10. The van der Waals surface area contributed by atoms with Crippen molar-refractivity contribution in [1.29, 1.82) is 0 Å². The zero-order valence-corrected chi connectivity index (χ0v) is 15.3. The fraction of sp³-hybridized carbons (Fsp3) is 0.182. The summed E-state index contributed by atoms with van der Waals surface area (Å²) in [7, 11) is 0. The van der Waals surface area contributed by atoms with Gasteiger partial charge in [-0.2, -0.15) is 0 Å². The lowest BCUT2D eigenvalue weighted by atomic mass is 10.1. The van der Waals surface area contributed by atoms with Crippen LogP contribution in [0.15, 0.2) is 72.0 Å². The van der Waals surface area contributed by atoms with Gasteiger partial charge < -0.3 is 14.8 Å². The fourth-order valence-corrected chi connectivity index (χ4v) is 3.49. The zero-order chi connectivity index (χ0) is 19.7. The minimum absolute atomic E-state index is 0.0855. The second-order valence-corrected chi connectivity index (χ2v) is 6.91. The third-order valence-electron chi connectivity index (χ3n) is 5.00. The predicted octanol–water partition coefficient (Wildman–Crippen LogP) is 3.00. The number of likely N-dealkylation sites (tertiary alicyclic amines) is 1. The number of nitrogens with one attached hydrogen (secondary N) is 1. The minimum Gasteiger partial charge on any atom is -0.378 e. The first kappa shape index (κ1) is 18.0. The molecule has 1 N–H and O–H groups in total. The third kappa shape index (κ3) is 3.41. The van der Waals surface area contributed by atoms with Crippen LogP contribution >= 0.6 is 0 Å². The molecular weight excluding hydrogens is 357 g/mol. The van der Waals surface area contributed by atoms with Crippen molar-refractivity contribution in [2.75, 3.05) is 18.4 Å². The summed E-state index contributed by atoms with van der Waals surface area (Å²) in [5.74, 6) is -0.386. The lowest BCUT2D eigenvalue weighted by Crippen LogP contribution is -2.56. The van der Waals surface area contributed by atoms with E-state index in [-0.39, 0.29) is 23.3 Å². The molecule has 0 bridgehead atoms. The first-order valence-corrected chi connectivity index (χ1v) is 9.10. The molecule has 0 radical (unpaired) electrons. The normalized spacial score (nSPS) is 14.0. The molecule has 0 unspecified atom stereocenters. The number of anilines is 1. The summed E-state index contributed by atoms with van der Waals surface area (Å²) in [6, 6.07) is 15.5. The summed E-state index contributed by atoms with van der Waals surface area (Å²) in [4.78, 5) is 26.1. The maximum Gasteiger partial charge on any atom is 0.253 e. The van der Waals surface area contributed by atoms with E-state index in [1.165, 1.54) is 18.2 Å². The van der Waals surface area contributed by atoms with E-state index in [2.05, 4.69) is 11.9 Å². The number of hydrogen-bond donors (Lipinski definition) is 1. The van der Waals surface area contributed by atoms with E-state index in [9.17, 15) is 14.0 Å². The molecule has 2 aromatic carbocycles. The van der Waals surface area contributed by atoms with Crippen LogP contribution in [0, 0.1) is 5.82 Å². The molecule has 1 aliphatic heterocycles. The summed E-state index contributed by atoms with van der Waals surface area (Å²) in [5, 5.41) is 4.31. The average Bonchev–Trinajstić information content (AvgIpc) is 2.68. The van der Waals surface area contributed by atoms with Crippen molar-refractivity contribution in [2.45, 2.75) is 12.6 Å². The number of halogens is 1. The Morgan fingerprint density at radius 2 is 1.89 bits per heavy atom. The molecule has 1 amide bonds. The number of rotatable bonds is 5. The van der Waals surface area contributed by atoms with Gasteiger partial charge in [-0.1, -0.05) is 36.9 Å². The largest absolute Gasteiger partial charge is 0.378 e. The fourth-order valence-electron chi connectivity index (χ4n) is 3.49. The molecule has 0 aliphatic carbocycles. The van der Waals surface area contributed by atoms with Crippen LogP contribution in [0.5, 0.6) is 0 Å². The molecule has 6 heteroatoms. The maximum absolute atomic E-state index is 13.2. The van der Waals surface area contributed by atoms with Crippen LogP contribution in [0.4, 0.5) is 10.1 Å². The number of carbonyl (C=O) groups excluding carboxylic acids is 1. The molecule has 0 atom stereocenters. The molecule has 1 fully saturated rings. The summed E-state index contributed by atoms with van der Waals surface area (Å²) in [6.45, 7) is 5.03. The van der Waals surface area contributed by atoms with Gasteiger partial charge in [0.15, 0.2) is 0 Å². The number of nitrogens with zero attached hydrogens (tertiary/aromatic N) is 2. The Bertz CT molecular complexity index is 1100. The quantitative estimate of drug-likeness (QED) is 0.696. The van der Waals surface area contributed by atoms with Gasteiger partial charge in [0.2, 0.25) is 5.91 Å². The number of carbonyl (C=O) groups is 1. The van der Waals surface area contributed by atoms with Gasteiger partial charge in [-0.3, -0.25) is 9.59 Å². The highest BCUT2D eigenvalue weighted by Gasteiger charge is 2.29. The second-order valence-electron chi connectivity index (χ2n) is 6.91. The van der Waals surface area contributed by atoms with E-state index in [1.54, 1.807) is 27.7 Å². The molecule has 28 heavy (non-hydrogen) atoms. The van der Waals surface area contributed by atoms with Crippen LogP contribution in [0.25, 0.3) is 10.9 Å². The van der Waals surface area contributed by atoms with Gasteiger partial charge in [0.25, 0.3) is 5.56 Å². The third-order valence-corrected chi connectivity index (χ3v) is 5.00. The van der Waals surface area contributed by atoms with Crippen molar-refractivity contribution in [3.05, 3.63) is 89.0 Å². The lowest BCUT2D eigenvalue weighted by molar-refractivity contribution is -0.129. The smallest absolute Gasteiger partial charge is 0.253 e. The monoisotopic (exact) mass is 377 g/mol. The van der Waals surface area contributed by atoms with E-state index < -0.39 is 0 Å². The summed E-state index contributed by atoms with van der Waals surface area (Å²) in [5.41, 5.74) is 2.28. The standard InChI is InChI=1S/C22H20FN3O2/c1-2-21(27)25-13-17(14-25)24-19-11-22(28)26(20-6-4-3-5-18(19)20)12-15-7-9-16(23)10-8-15/h2-11,17,24H,1,12-14H2. The van der Waals surface area contributed by atoms with Gasteiger partial charge >= 0.3 is 0 Å². The number of benzene rings is 2. The number of amides is 1. The highest BCUT2D eigenvalue weighted by Crippen LogP contribution is 2.24. The van der Waals surface area contributed by atoms with Gasteiger partial charge in [0.1, 0.15) is 5.82 Å². The topological polar surface area (TPSA) is 54.3 Å². The zero-order valence-electron chi connectivity index (χ0n) is 15.3. The molecular formula is C22H20FN3O2. The molecule has 1 aliphatic rings. The molecule has 3 aromatic rings. The Labute approximate surface area is 161 Å². The minimum atomic E-state index is -0.301. The molecule has 142 valence electrons. The molecule has 1 aromatic heterocycles. The SMILES string of the molecule is C=CC(=O)N1CC(Nc2cc(=O)n(Cc3ccc(F)cc3)c3ccccc23)C1. The van der Waals surface area contributed by atoms with Crippen LogP contribution in [0.3, 0.4) is 0 Å². The van der Waals surface area contributed by atoms with E-state index in [0.29, 0.717) is 19.6 Å². The number of pyridine rings is 1. The van der Waals surface area contributed by atoms with Crippen LogP contribution in [0.2, 0.25) is 0 Å². The second kappa shape index (κ2) is 7.31. The van der Waals surface area contributed by atoms with Crippen LogP contribution in [-0.2, 0) is 11.3 Å². The Morgan fingerprint density at radius 3 is 2.61 bits per heavy atom. The number of para-hydroxylation sites is 1. The summed E-state index contributed by atoms with van der Waals surface area (Å²) in [6.07, 6.45) is 1.31. The van der Waals surface area contributed by atoms with Crippen LogP contribution in [0.1, 0.15) is 5.56 Å². The number of fused-ring (bicyclic) bond motifs is 1. The van der Waals surface area contributed by atoms with Gasteiger partial charge in [-0.05, 0) is 29.8 Å². The number of hydrogen-bond acceptors (Lipinski definition) is 3. The number of aromatic nitrogens is 1. The van der Waals surface area contributed by atoms with Gasteiger partial charge in [-0.25, -0.2) is 4.39 Å². The Morgan fingerprint density at radius 1 is 1.18 bits per heavy atom. The van der Waals surface area contributed by atoms with E-state index in [4.69, 9.17) is 0 Å². The summed E-state index contributed by atoms with van der Waals surface area (Å²) >= 11 is 0. The lowest BCUT2D eigenvalue weighted by Gasteiger charge is -2.39. The van der Waals surface area contributed by atoms with Crippen molar-refractivity contribution in [1.82, 2.24) is 9.47 Å². The van der Waals surface area contributed by atoms with Crippen molar-refractivity contribution < 1.29 is 9.18 Å². The Hall–Kier alpha value is -3.41. The first-order chi connectivity index (χ1) is 13.5. The van der Waals surface area contributed by atoms with Gasteiger partial charge in [-0.15, -0.1) is 0 Å². The van der Waals surface area contributed by atoms with E-state index in [0.717, 1.165) is 22.2 Å². The van der Waals surface area contributed by atoms with Crippen molar-refractivity contribution in [2.24, 2.45) is 0 Å². The van der Waals surface area contributed by atoms with Crippen molar-refractivity contribution in [3.63, 3.8) is 0 Å². The Kier molecular flexibility index (Phi) is 4.69. The van der Waals surface area contributed by atoms with Crippen molar-refractivity contribution in [3.8, 4) is 0 Å². The van der Waals surface area contributed by atoms with Crippen molar-refractivity contribution >= 4 is 22.5 Å². The molecule has 1 saturated heterocycles. The van der Waals surface area contributed by atoms with Crippen LogP contribution in [-0.4, -0.2) is 34.5 Å². The molecule has 5 nitrogen and oxygen atoms in total. The van der Waals surface area contributed by atoms with E-state index in [1.807, 2.05) is 24.3 Å². The average molecular weight is 377 g/mol. The molecule has 2 heterocycles. The molecule has 0 spiro atoms. The summed E-state index contributed by atoms with van der Waals surface area (Å²) < 4.78 is 14.8. The van der Waals surface area contributed by atoms with E-state index >= 15 is 0 Å². The van der Waals surface area contributed by atoms with Gasteiger partial charge in [0, 0.05) is 30.2 Å². The maximum atomic E-state index is 13.2. The van der Waals surface area contributed by atoms with Crippen LogP contribution < -0.4 is 10.9 Å². The highest BCUT2D eigenvalue weighted by molar-refractivity contribution is 5.92. The van der Waals surface area contributed by atoms with Gasteiger partial charge in [0.05, 0.1) is 18.1 Å². The molecule has 4 rings (SSSR count). The Balaban J connectivity index is 1.63. The highest BCUT2D eigenvalue weighted by atomic mass is 19.1. The molecule has 0 saturated carbocycles. The predicted molar refractivity (Wildman–Crippen MR) is 108 cm³/mol.